The van der Waals surface area contributed by atoms with Crippen molar-refractivity contribution in [1.29, 1.82) is 0 Å². The molecule has 1 fully saturated rings. The number of nitrogens with two attached hydrogens (primary N) is 1. The Labute approximate surface area is 130 Å². The van der Waals surface area contributed by atoms with E-state index in [9.17, 15) is 0 Å². The fourth-order valence-corrected chi connectivity index (χ4v) is 3.16. The topological polar surface area (TPSA) is 32.5 Å². The maximum Gasteiger partial charge on any atom is 0.0450 e. The first kappa shape index (κ1) is 16.5. The molecule has 3 nitrogen and oxygen atoms in total. The minimum Gasteiger partial charge on any atom is -0.323 e. The molecule has 1 aliphatic rings. The van der Waals surface area contributed by atoms with Gasteiger partial charge in [-0.15, -0.1) is 0 Å². The number of nitrogens with zero attached hydrogens (tertiary/aromatic N) is 2. The van der Waals surface area contributed by atoms with E-state index in [1.165, 1.54) is 30.8 Å². The summed E-state index contributed by atoms with van der Waals surface area (Å²) < 4.78 is 0. The molecule has 1 saturated heterocycles. The average Bonchev–Trinajstić information content (AvgIpc) is 2.47. The molecule has 0 radical (unpaired) electrons. The highest BCUT2D eigenvalue weighted by molar-refractivity contribution is 5.24. The first-order valence-electron chi connectivity index (χ1n) is 8.26. The van der Waals surface area contributed by atoms with Gasteiger partial charge in [-0.1, -0.05) is 43.7 Å². The van der Waals surface area contributed by atoms with E-state index in [-0.39, 0.29) is 6.04 Å². The van der Waals surface area contributed by atoms with Gasteiger partial charge in [0, 0.05) is 44.8 Å². The van der Waals surface area contributed by atoms with Crippen molar-refractivity contribution in [2.75, 3.05) is 32.7 Å². The van der Waals surface area contributed by atoms with E-state index in [0.29, 0.717) is 6.04 Å². The summed E-state index contributed by atoms with van der Waals surface area (Å²) in [5.41, 5.74) is 9.02. The van der Waals surface area contributed by atoms with E-state index >= 15 is 0 Å². The lowest BCUT2D eigenvalue weighted by atomic mass is 9.98. The first-order valence-corrected chi connectivity index (χ1v) is 8.26. The van der Waals surface area contributed by atoms with E-state index in [0.717, 1.165) is 19.0 Å². The van der Waals surface area contributed by atoms with Gasteiger partial charge in [0.05, 0.1) is 0 Å². The molecule has 0 spiro atoms. The van der Waals surface area contributed by atoms with Crippen LogP contribution in [0.1, 0.15) is 37.9 Å². The Kier molecular flexibility index (Phi) is 5.80. The predicted octanol–water partition coefficient (Wildman–Crippen LogP) is 2.66. The van der Waals surface area contributed by atoms with Crippen LogP contribution in [0.5, 0.6) is 0 Å². The molecule has 2 unspecified atom stereocenters. The fourth-order valence-electron chi connectivity index (χ4n) is 3.16. The van der Waals surface area contributed by atoms with Gasteiger partial charge in [-0.3, -0.25) is 4.90 Å². The van der Waals surface area contributed by atoms with Gasteiger partial charge >= 0.3 is 0 Å². The molecule has 2 N–H and O–H groups in total. The molecule has 21 heavy (non-hydrogen) atoms. The highest BCUT2D eigenvalue weighted by Gasteiger charge is 2.25. The number of rotatable bonds is 5. The molecule has 0 saturated carbocycles. The highest BCUT2D eigenvalue weighted by atomic mass is 15.3. The summed E-state index contributed by atoms with van der Waals surface area (Å²) in [6.45, 7) is 14.8. The third-order valence-electron chi connectivity index (χ3n) is 4.59. The van der Waals surface area contributed by atoms with E-state index in [2.05, 4.69) is 61.8 Å². The summed E-state index contributed by atoms with van der Waals surface area (Å²) in [7, 11) is 0. The molecular weight excluding hydrogens is 258 g/mol. The third kappa shape index (κ3) is 4.53. The summed E-state index contributed by atoms with van der Waals surface area (Å²) in [4.78, 5) is 5.12. The van der Waals surface area contributed by atoms with Gasteiger partial charge in [0.25, 0.3) is 0 Å². The molecule has 118 valence electrons. The summed E-state index contributed by atoms with van der Waals surface area (Å²) in [6.07, 6.45) is 0. The van der Waals surface area contributed by atoms with Crippen LogP contribution in [0.3, 0.4) is 0 Å². The minimum absolute atomic E-state index is 0.0993. The maximum atomic E-state index is 6.48. The Hall–Kier alpha value is -0.900. The maximum absolute atomic E-state index is 6.48. The standard InChI is InChI=1S/C18H31N3/c1-14(2)13-20-9-11-21(12-10-20)16(4)18(19)17-7-5-15(3)6-8-17/h5-8,14,16,18H,9-13,19H2,1-4H3. The molecule has 1 aliphatic heterocycles. The van der Waals surface area contributed by atoms with Crippen molar-refractivity contribution in [3.63, 3.8) is 0 Å². The molecule has 2 rings (SSSR count). The van der Waals surface area contributed by atoms with Gasteiger partial charge in [-0.25, -0.2) is 0 Å². The Balaban J connectivity index is 1.89. The summed E-state index contributed by atoms with van der Waals surface area (Å²) in [5.74, 6) is 0.754. The zero-order chi connectivity index (χ0) is 15.4. The van der Waals surface area contributed by atoms with Gasteiger partial charge in [-0.2, -0.15) is 0 Å². The van der Waals surface area contributed by atoms with Crippen LogP contribution in [0.2, 0.25) is 0 Å². The van der Waals surface area contributed by atoms with Crippen molar-refractivity contribution in [2.24, 2.45) is 11.7 Å². The van der Waals surface area contributed by atoms with Crippen LogP contribution in [0, 0.1) is 12.8 Å². The molecule has 0 aromatic heterocycles. The highest BCUT2D eigenvalue weighted by Crippen LogP contribution is 2.20. The van der Waals surface area contributed by atoms with Crippen molar-refractivity contribution in [3.8, 4) is 0 Å². The summed E-state index contributed by atoms with van der Waals surface area (Å²) in [5, 5.41) is 0. The number of piperazine rings is 1. The zero-order valence-electron chi connectivity index (χ0n) is 14.0. The molecule has 0 aliphatic carbocycles. The number of hydrogen-bond acceptors (Lipinski definition) is 3. The van der Waals surface area contributed by atoms with Crippen LogP contribution >= 0.6 is 0 Å². The number of benzene rings is 1. The Morgan fingerprint density at radius 1 is 1.00 bits per heavy atom. The minimum atomic E-state index is 0.0993. The van der Waals surface area contributed by atoms with Crippen LogP contribution in [-0.4, -0.2) is 48.6 Å². The predicted molar refractivity (Wildman–Crippen MR) is 90.4 cm³/mol. The second kappa shape index (κ2) is 7.39. The number of hydrogen-bond donors (Lipinski definition) is 1. The van der Waals surface area contributed by atoms with E-state index in [1.54, 1.807) is 0 Å². The molecule has 1 aromatic rings. The van der Waals surface area contributed by atoms with Crippen LogP contribution in [-0.2, 0) is 0 Å². The van der Waals surface area contributed by atoms with Gasteiger partial charge < -0.3 is 10.6 Å². The molecular formula is C18H31N3. The zero-order valence-corrected chi connectivity index (χ0v) is 14.0. The fraction of sp³-hybridized carbons (Fsp3) is 0.667. The number of aryl methyl sites for hydroxylation is 1. The van der Waals surface area contributed by atoms with Crippen molar-refractivity contribution in [2.45, 2.75) is 39.8 Å². The second-order valence-electron chi connectivity index (χ2n) is 6.91. The summed E-state index contributed by atoms with van der Waals surface area (Å²) in [6, 6.07) is 9.15. The van der Waals surface area contributed by atoms with E-state index < -0.39 is 0 Å². The van der Waals surface area contributed by atoms with Crippen molar-refractivity contribution in [3.05, 3.63) is 35.4 Å². The van der Waals surface area contributed by atoms with Crippen LogP contribution < -0.4 is 5.73 Å². The molecule has 3 heteroatoms. The molecule has 0 bridgehead atoms. The lowest BCUT2D eigenvalue weighted by Gasteiger charge is -2.40. The normalized spacial score (nSPS) is 20.7. The molecule has 2 atom stereocenters. The smallest absolute Gasteiger partial charge is 0.0450 e. The van der Waals surface area contributed by atoms with Crippen molar-refractivity contribution >= 4 is 0 Å². The lowest BCUT2D eigenvalue weighted by Crippen LogP contribution is -2.52. The average molecular weight is 289 g/mol. The Morgan fingerprint density at radius 3 is 2.10 bits per heavy atom. The van der Waals surface area contributed by atoms with Gasteiger partial charge in [-0.05, 0) is 25.3 Å². The van der Waals surface area contributed by atoms with Crippen molar-refractivity contribution in [1.82, 2.24) is 9.80 Å². The van der Waals surface area contributed by atoms with Gasteiger partial charge in [0.15, 0.2) is 0 Å². The SMILES string of the molecule is Cc1ccc(C(N)C(C)N2CCN(CC(C)C)CC2)cc1. The van der Waals surface area contributed by atoms with Crippen molar-refractivity contribution < 1.29 is 0 Å². The monoisotopic (exact) mass is 289 g/mol. The Morgan fingerprint density at radius 2 is 1.57 bits per heavy atom. The summed E-state index contributed by atoms with van der Waals surface area (Å²) >= 11 is 0. The molecule has 1 heterocycles. The van der Waals surface area contributed by atoms with Gasteiger partial charge in [0.2, 0.25) is 0 Å². The molecule has 1 aromatic carbocycles. The van der Waals surface area contributed by atoms with Crippen LogP contribution in [0.15, 0.2) is 24.3 Å². The lowest BCUT2D eigenvalue weighted by molar-refractivity contribution is 0.0852. The van der Waals surface area contributed by atoms with Crippen LogP contribution in [0.4, 0.5) is 0 Å². The third-order valence-corrected chi connectivity index (χ3v) is 4.59. The first-order chi connectivity index (χ1) is 9.97. The largest absolute Gasteiger partial charge is 0.323 e. The Bertz CT molecular complexity index is 419. The van der Waals surface area contributed by atoms with E-state index in [4.69, 9.17) is 5.73 Å². The molecule has 0 amide bonds. The van der Waals surface area contributed by atoms with Gasteiger partial charge in [0.1, 0.15) is 0 Å². The van der Waals surface area contributed by atoms with E-state index in [1.807, 2.05) is 0 Å². The second-order valence-corrected chi connectivity index (χ2v) is 6.91. The van der Waals surface area contributed by atoms with Crippen LogP contribution in [0.25, 0.3) is 0 Å². The quantitative estimate of drug-likeness (QED) is 0.904.